The van der Waals surface area contributed by atoms with Gasteiger partial charge in [-0.05, 0) is 43.7 Å². The molecule has 0 heterocycles. The summed E-state index contributed by atoms with van der Waals surface area (Å²) in [5.41, 5.74) is -0.976. The topological polar surface area (TPSA) is 102 Å². The molecule has 1 saturated carbocycles. The van der Waals surface area contributed by atoms with Crippen LogP contribution in [0.4, 0.5) is 25.8 Å². The van der Waals surface area contributed by atoms with Gasteiger partial charge in [-0.15, -0.1) is 23.2 Å². The molecule has 0 aliphatic heterocycles. The van der Waals surface area contributed by atoms with Gasteiger partial charge in [0.05, 0.1) is 28.3 Å². The van der Waals surface area contributed by atoms with Gasteiger partial charge in [0, 0.05) is 12.2 Å². The number of benzene rings is 2. The van der Waals surface area contributed by atoms with E-state index in [9.17, 15) is 18.8 Å². The Bertz CT molecular complexity index is 1220. The smallest absolute Gasteiger partial charge is 0.257 e. The minimum atomic E-state index is -1.20. The zero-order valence-electron chi connectivity index (χ0n) is 17.6. The fourth-order valence-electron chi connectivity index (χ4n) is 3.20. The zero-order valence-corrected chi connectivity index (χ0v) is 19.9. The molecule has 7 nitrogen and oxygen atoms in total. The Morgan fingerprint density at radius 1 is 1.21 bits per heavy atom. The summed E-state index contributed by atoms with van der Waals surface area (Å²) in [5, 5.41) is 13.6. The second-order valence-corrected chi connectivity index (χ2v) is 9.34. The minimum absolute atomic E-state index is 0.00748. The maximum absolute atomic E-state index is 15.1. The Kier molecular flexibility index (Phi) is 7.66. The van der Waals surface area contributed by atoms with Gasteiger partial charge in [-0.25, -0.2) is 8.78 Å². The molecule has 0 saturated heterocycles. The Labute approximate surface area is 208 Å². The van der Waals surface area contributed by atoms with Crippen LogP contribution in [0.15, 0.2) is 30.3 Å². The van der Waals surface area contributed by atoms with Crippen molar-refractivity contribution >= 4 is 69.6 Å². The van der Waals surface area contributed by atoms with E-state index in [1.807, 2.05) is 0 Å². The number of alkyl halides is 2. The molecule has 3 rings (SSSR count). The van der Waals surface area contributed by atoms with Crippen molar-refractivity contribution in [2.75, 3.05) is 22.1 Å². The molecule has 12 heteroatoms. The van der Waals surface area contributed by atoms with Crippen molar-refractivity contribution in [3.05, 3.63) is 52.6 Å². The molecule has 178 valence electrons. The largest absolute Gasteiger partial charge is 0.326 e. The summed E-state index contributed by atoms with van der Waals surface area (Å²) < 4.78 is 28.4. The molecule has 34 heavy (non-hydrogen) atoms. The molecule has 0 aromatic heterocycles. The van der Waals surface area contributed by atoms with E-state index in [1.54, 1.807) is 6.07 Å². The van der Waals surface area contributed by atoms with E-state index in [4.69, 9.17) is 40.1 Å². The van der Waals surface area contributed by atoms with E-state index >= 15 is 4.39 Å². The molecule has 2 aromatic rings. The van der Waals surface area contributed by atoms with Crippen LogP contribution in [0.1, 0.15) is 30.1 Å². The van der Waals surface area contributed by atoms with Crippen molar-refractivity contribution < 1.29 is 23.2 Å². The second kappa shape index (κ2) is 10.1. The normalized spacial score (nSPS) is 15.7. The summed E-state index contributed by atoms with van der Waals surface area (Å²) in [7, 11) is 0. The third-order valence-corrected chi connectivity index (χ3v) is 6.22. The standard InChI is InChI=1S/C22H17Cl3F2N4O3/c1-2-31(17(32)7-8-28)19-15(26)5-6-16(18(19)27)30-20(33)12-9-11(3-4-14(12)23)29-21(34)13-10-22(13,24)25/h3-6,9,13H,2,7,10H2,1H3,(H,29,34)(H,30,33). The average molecular weight is 530 g/mol. The van der Waals surface area contributed by atoms with Gasteiger partial charge in [0.15, 0.2) is 5.82 Å². The van der Waals surface area contributed by atoms with Gasteiger partial charge in [0.25, 0.3) is 5.91 Å². The average Bonchev–Trinajstić information content (AvgIpc) is 3.42. The van der Waals surface area contributed by atoms with Crippen molar-refractivity contribution in [2.45, 2.75) is 24.1 Å². The van der Waals surface area contributed by atoms with E-state index in [2.05, 4.69) is 10.6 Å². The summed E-state index contributed by atoms with van der Waals surface area (Å²) in [4.78, 5) is 37.9. The van der Waals surface area contributed by atoms with Gasteiger partial charge >= 0.3 is 0 Å². The van der Waals surface area contributed by atoms with Gasteiger partial charge in [0.2, 0.25) is 11.8 Å². The first-order chi connectivity index (χ1) is 16.0. The van der Waals surface area contributed by atoms with E-state index in [0.717, 1.165) is 17.0 Å². The molecule has 1 unspecified atom stereocenters. The molecule has 1 aliphatic carbocycles. The minimum Gasteiger partial charge on any atom is -0.326 e. The zero-order chi connectivity index (χ0) is 25.2. The summed E-state index contributed by atoms with van der Waals surface area (Å²) in [6.07, 6.45) is -0.284. The quantitative estimate of drug-likeness (QED) is 0.477. The van der Waals surface area contributed by atoms with Crippen LogP contribution in [0.2, 0.25) is 5.02 Å². The SMILES string of the molecule is CCN(C(=O)CC#N)c1c(F)ccc(NC(=O)c2cc(NC(=O)C3CC3(Cl)Cl)ccc2Cl)c1F. The highest BCUT2D eigenvalue weighted by molar-refractivity contribution is 6.52. The Morgan fingerprint density at radius 3 is 2.47 bits per heavy atom. The van der Waals surface area contributed by atoms with Crippen molar-refractivity contribution in [1.82, 2.24) is 0 Å². The highest BCUT2D eigenvalue weighted by atomic mass is 35.5. The summed E-state index contributed by atoms with van der Waals surface area (Å²) >= 11 is 17.9. The number of hydrogen-bond donors (Lipinski definition) is 2. The lowest BCUT2D eigenvalue weighted by molar-refractivity contribution is -0.118. The van der Waals surface area contributed by atoms with Gasteiger partial charge < -0.3 is 15.5 Å². The fraction of sp³-hybridized carbons (Fsp3) is 0.273. The summed E-state index contributed by atoms with van der Waals surface area (Å²) in [6.45, 7) is 1.38. The van der Waals surface area contributed by atoms with Crippen molar-refractivity contribution in [2.24, 2.45) is 5.92 Å². The van der Waals surface area contributed by atoms with Crippen LogP contribution in [0.25, 0.3) is 0 Å². The van der Waals surface area contributed by atoms with Crippen LogP contribution < -0.4 is 15.5 Å². The predicted octanol–water partition coefficient (Wildman–Crippen LogP) is 5.27. The number of amides is 3. The number of hydrogen-bond acceptors (Lipinski definition) is 4. The second-order valence-electron chi connectivity index (χ2n) is 7.39. The number of nitriles is 1. The maximum Gasteiger partial charge on any atom is 0.257 e. The van der Waals surface area contributed by atoms with Crippen LogP contribution in [0.5, 0.6) is 0 Å². The molecule has 2 N–H and O–H groups in total. The van der Waals surface area contributed by atoms with E-state index in [1.165, 1.54) is 25.1 Å². The van der Waals surface area contributed by atoms with Crippen LogP contribution in [0, 0.1) is 28.9 Å². The van der Waals surface area contributed by atoms with Crippen LogP contribution in [-0.4, -0.2) is 28.6 Å². The lowest BCUT2D eigenvalue weighted by atomic mass is 10.1. The van der Waals surface area contributed by atoms with E-state index in [-0.39, 0.29) is 22.8 Å². The number of carbonyl (C=O) groups is 3. The van der Waals surface area contributed by atoms with Gasteiger partial charge in [-0.2, -0.15) is 5.26 Å². The van der Waals surface area contributed by atoms with Gasteiger partial charge in [-0.3, -0.25) is 14.4 Å². The first-order valence-corrected chi connectivity index (χ1v) is 11.1. The lowest BCUT2D eigenvalue weighted by Gasteiger charge is -2.22. The summed E-state index contributed by atoms with van der Waals surface area (Å²) in [5.74, 6) is -4.92. The van der Waals surface area contributed by atoms with Crippen LogP contribution >= 0.6 is 34.8 Å². The van der Waals surface area contributed by atoms with Crippen molar-refractivity contribution in [1.29, 1.82) is 5.26 Å². The maximum atomic E-state index is 15.1. The molecule has 2 aromatic carbocycles. The van der Waals surface area contributed by atoms with Gasteiger partial charge in [0.1, 0.15) is 22.3 Å². The third kappa shape index (κ3) is 5.41. The number of anilines is 3. The monoisotopic (exact) mass is 528 g/mol. The molecule has 0 radical (unpaired) electrons. The number of carbonyl (C=O) groups excluding carboxylic acids is 3. The number of rotatable bonds is 7. The highest BCUT2D eigenvalue weighted by Crippen LogP contribution is 2.53. The van der Waals surface area contributed by atoms with Gasteiger partial charge in [-0.1, -0.05) is 11.6 Å². The molecule has 0 bridgehead atoms. The first-order valence-electron chi connectivity index (χ1n) is 9.95. The van der Waals surface area contributed by atoms with Crippen LogP contribution in [0.3, 0.4) is 0 Å². The third-order valence-electron chi connectivity index (χ3n) is 5.05. The van der Waals surface area contributed by atoms with E-state index < -0.39 is 57.4 Å². The van der Waals surface area contributed by atoms with Crippen molar-refractivity contribution in [3.63, 3.8) is 0 Å². The number of nitrogens with zero attached hydrogens (tertiary/aromatic N) is 2. The predicted molar refractivity (Wildman–Crippen MR) is 125 cm³/mol. The lowest BCUT2D eigenvalue weighted by Crippen LogP contribution is -2.32. The Morgan fingerprint density at radius 2 is 1.88 bits per heavy atom. The summed E-state index contributed by atoms with van der Waals surface area (Å²) in [6, 6.07) is 7.60. The highest BCUT2D eigenvalue weighted by Gasteiger charge is 2.56. The Hall–Kier alpha value is -2.93. The number of nitrogens with one attached hydrogen (secondary N) is 2. The fourth-order valence-corrected chi connectivity index (χ4v) is 3.91. The van der Waals surface area contributed by atoms with E-state index in [0.29, 0.717) is 6.42 Å². The molecular formula is C22H17Cl3F2N4O3. The molecule has 3 amide bonds. The molecule has 1 aliphatic rings. The molecular weight excluding hydrogens is 513 g/mol. The molecule has 1 atom stereocenters. The Balaban J connectivity index is 1.85. The molecule has 0 spiro atoms. The number of halogens is 5. The molecule has 1 fully saturated rings. The first kappa shape index (κ1) is 25.7. The van der Waals surface area contributed by atoms with Crippen LogP contribution in [-0.2, 0) is 9.59 Å². The van der Waals surface area contributed by atoms with Crippen molar-refractivity contribution in [3.8, 4) is 6.07 Å².